The Balaban J connectivity index is 2.18. The molecule has 0 atom stereocenters. The van der Waals surface area contributed by atoms with Crippen LogP contribution in [0.25, 0.3) is 0 Å². The largest absolute Gasteiger partial charge is 0.325 e. The van der Waals surface area contributed by atoms with Crippen molar-refractivity contribution in [2.24, 2.45) is 0 Å². The molecule has 1 aromatic heterocycles. The van der Waals surface area contributed by atoms with E-state index in [1.165, 1.54) is 44.6 Å². The summed E-state index contributed by atoms with van der Waals surface area (Å²) in [5.41, 5.74) is -0.120. The molecule has 0 aromatic carbocycles. The zero-order valence-corrected chi connectivity index (χ0v) is 11.4. The van der Waals surface area contributed by atoms with Crippen molar-refractivity contribution in [3.63, 3.8) is 0 Å². The molecule has 0 bridgehead atoms. The highest BCUT2D eigenvalue weighted by Crippen LogP contribution is 2.07. The minimum absolute atomic E-state index is 0.120. The second-order valence-electron chi connectivity index (χ2n) is 4.42. The number of unbranched alkanes of at least 4 members (excludes halogenated alkanes) is 6. The van der Waals surface area contributed by atoms with Crippen molar-refractivity contribution in [3.05, 3.63) is 27.4 Å². The lowest BCUT2D eigenvalue weighted by Gasteiger charge is -2.05. The van der Waals surface area contributed by atoms with Crippen molar-refractivity contribution >= 4 is 12.2 Å². The van der Waals surface area contributed by atoms with Crippen molar-refractivity contribution in [3.8, 4) is 0 Å². The van der Waals surface area contributed by atoms with Crippen LogP contribution in [0.5, 0.6) is 0 Å². The number of hydrogen-bond donors (Lipinski definition) is 1. The molecule has 0 aliphatic heterocycles. The van der Waals surface area contributed by atoms with Crippen molar-refractivity contribution < 1.29 is 0 Å². The highest BCUT2D eigenvalue weighted by molar-refractivity contribution is 7.71. The van der Waals surface area contributed by atoms with E-state index in [1.807, 2.05) is 4.57 Å². The van der Waals surface area contributed by atoms with E-state index in [0.29, 0.717) is 4.77 Å². The van der Waals surface area contributed by atoms with Crippen LogP contribution in [0.1, 0.15) is 51.9 Å². The van der Waals surface area contributed by atoms with Crippen LogP contribution in [-0.4, -0.2) is 9.55 Å². The van der Waals surface area contributed by atoms with E-state index in [-0.39, 0.29) is 5.56 Å². The van der Waals surface area contributed by atoms with E-state index in [2.05, 4.69) is 11.9 Å². The Kier molecular flexibility index (Phi) is 6.86. The maximum Gasteiger partial charge on any atom is 0.251 e. The summed E-state index contributed by atoms with van der Waals surface area (Å²) in [4.78, 5) is 13.6. The molecular formula is C13H22N2OS. The van der Waals surface area contributed by atoms with Gasteiger partial charge in [0.2, 0.25) is 0 Å². The summed E-state index contributed by atoms with van der Waals surface area (Å²) in [6, 6.07) is 1.52. The summed E-state index contributed by atoms with van der Waals surface area (Å²) in [6.07, 6.45) is 10.8. The van der Waals surface area contributed by atoms with Crippen LogP contribution in [-0.2, 0) is 6.54 Å². The molecule has 0 aliphatic carbocycles. The molecule has 0 saturated heterocycles. The molecule has 17 heavy (non-hydrogen) atoms. The van der Waals surface area contributed by atoms with E-state index in [0.717, 1.165) is 13.0 Å². The summed E-state index contributed by atoms with van der Waals surface area (Å²) >= 11 is 5.08. The van der Waals surface area contributed by atoms with Crippen LogP contribution in [0.3, 0.4) is 0 Å². The Morgan fingerprint density at radius 3 is 2.47 bits per heavy atom. The van der Waals surface area contributed by atoms with Gasteiger partial charge >= 0.3 is 0 Å². The van der Waals surface area contributed by atoms with Gasteiger partial charge in [-0.1, -0.05) is 45.4 Å². The fourth-order valence-corrected chi connectivity index (χ4v) is 2.11. The molecule has 96 valence electrons. The number of nitrogens with zero attached hydrogens (tertiary/aromatic N) is 1. The van der Waals surface area contributed by atoms with Crippen molar-refractivity contribution in [1.82, 2.24) is 9.55 Å². The standard InChI is InChI=1S/C13H22N2OS/c1-2-3-4-5-6-7-8-10-15-11-9-12(16)14-13(15)17/h9,11H,2-8,10H2,1H3,(H,14,16,17). The Morgan fingerprint density at radius 2 is 1.82 bits per heavy atom. The van der Waals surface area contributed by atoms with Crippen LogP contribution in [0.15, 0.2) is 17.1 Å². The monoisotopic (exact) mass is 254 g/mol. The average molecular weight is 254 g/mol. The maximum absolute atomic E-state index is 11.0. The van der Waals surface area contributed by atoms with Crippen molar-refractivity contribution in [2.45, 2.75) is 58.4 Å². The van der Waals surface area contributed by atoms with Gasteiger partial charge in [-0.25, -0.2) is 0 Å². The summed E-state index contributed by atoms with van der Waals surface area (Å²) < 4.78 is 2.46. The first kappa shape index (κ1) is 14.2. The molecule has 0 unspecified atom stereocenters. The topological polar surface area (TPSA) is 37.8 Å². The van der Waals surface area contributed by atoms with Gasteiger partial charge in [-0.15, -0.1) is 0 Å². The third-order valence-electron chi connectivity index (χ3n) is 2.90. The third kappa shape index (κ3) is 5.82. The van der Waals surface area contributed by atoms with E-state index >= 15 is 0 Å². The minimum atomic E-state index is -0.120. The third-order valence-corrected chi connectivity index (χ3v) is 3.24. The predicted molar refractivity (Wildman–Crippen MR) is 73.9 cm³/mol. The van der Waals surface area contributed by atoms with Gasteiger partial charge in [-0.2, -0.15) is 0 Å². The van der Waals surface area contributed by atoms with Crippen LogP contribution in [0.4, 0.5) is 0 Å². The van der Waals surface area contributed by atoms with Crippen molar-refractivity contribution in [1.29, 1.82) is 0 Å². The van der Waals surface area contributed by atoms with E-state index in [9.17, 15) is 4.79 Å². The van der Waals surface area contributed by atoms with Gasteiger partial charge < -0.3 is 4.57 Å². The van der Waals surface area contributed by atoms with Gasteiger partial charge in [0.1, 0.15) is 0 Å². The van der Waals surface area contributed by atoms with E-state index in [4.69, 9.17) is 12.2 Å². The molecule has 1 aromatic rings. The molecule has 0 amide bonds. The zero-order valence-electron chi connectivity index (χ0n) is 10.6. The molecule has 1 N–H and O–H groups in total. The van der Waals surface area contributed by atoms with Crippen LogP contribution in [0, 0.1) is 4.77 Å². The normalized spacial score (nSPS) is 10.6. The quantitative estimate of drug-likeness (QED) is 0.568. The first-order chi connectivity index (χ1) is 8.24. The number of H-pyrrole nitrogens is 1. The van der Waals surface area contributed by atoms with Gasteiger partial charge in [0, 0.05) is 18.8 Å². The lowest BCUT2D eigenvalue weighted by atomic mass is 10.1. The lowest BCUT2D eigenvalue weighted by Crippen LogP contribution is -2.11. The van der Waals surface area contributed by atoms with E-state index < -0.39 is 0 Å². The van der Waals surface area contributed by atoms with Crippen LogP contribution >= 0.6 is 12.2 Å². The Labute approximate surface area is 108 Å². The SMILES string of the molecule is CCCCCCCCCn1ccc(=O)[nH]c1=S. The molecule has 0 aliphatic rings. The molecule has 0 fully saturated rings. The summed E-state index contributed by atoms with van der Waals surface area (Å²) in [6.45, 7) is 3.14. The molecule has 1 rings (SSSR count). The predicted octanol–water partition coefficient (Wildman–Crippen LogP) is 3.66. The molecule has 1 heterocycles. The van der Waals surface area contributed by atoms with Gasteiger partial charge in [0.15, 0.2) is 4.77 Å². The Morgan fingerprint density at radius 1 is 1.18 bits per heavy atom. The second kappa shape index (κ2) is 8.23. The highest BCUT2D eigenvalue weighted by atomic mass is 32.1. The number of hydrogen-bond acceptors (Lipinski definition) is 2. The lowest BCUT2D eigenvalue weighted by molar-refractivity contribution is 0.542. The number of aromatic nitrogens is 2. The Hall–Kier alpha value is -0.900. The summed E-state index contributed by atoms with van der Waals surface area (Å²) in [5, 5.41) is 0. The van der Waals surface area contributed by atoms with Crippen molar-refractivity contribution in [2.75, 3.05) is 0 Å². The first-order valence-electron chi connectivity index (χ1n) is 6.54. The number of nitrogens with one attached hydrogen (secondary N) is 1. The second-order valence-corrected chi connectivity index (χ2v) is 4.81. The highest BCUT2D eigenvalue weighted by Gasteiger charge is 1.94. The molecule has 0 spiro atoms. The average Bonchev–Trinajstić information content (AvgIpc) is 2.30. The summed E-state index contributed by atoms with van der Waals surface area (Å²) in [5.74, 6) is 0. The van der Waals surface area contributed by atoms with Crippen LogP contribution in [0.2, 0.25) is 0 Å². The van der Waals surface area contributed by atoms with Crippen LogP contribution < -0.4 is 5.56 Å². The fourth-order valence-electron chi connectivity index (χ4n) is 1.86. The first-order valence-corrected chi connectivity index (χ1v) is 6.94. The molecular weight excluding hydrogens is 232 g/mol. The molecule has 4 heteroatoms. The number of aryl methyl sites for hydroxylation is 1. The van der Waals surface area contributed by atoms with E-state index in [1.54, 1.807) is 6.20 Å². The van der Waals surface area contributed by atoms with Gasteiger partial charge in [0.25, 0.3) is 5.56 Å². The fraction of sp³-hybridized carbons (Fsp3) is 0.692. The maximum atomic E-state index is 11.0. The molecule has 3 nitrogen and oxygen atoms in total. The van der Waals surface area contributed by atoms with Gasteiger partial charge in [-0.3, -0.25) is 9.78 Å². The molecule has 0 radical (unpaired) electrons. The minimum Gasteiger partial charge on any atom is -0.325 e. The molecule has 0 saturated carbocycles. The number of rotatable bonds is 8. The van der Waals surface area contributed by atoms with Gasteiger partial charge in [0.05, 0.1) is 0 Å². The number of aromatic amines is 1. The zero-order chi connectivity index (χ0) is 12.5. The Bertz CT molecular complexity index is 422. The summed E-state index contributed by atoms with van der Waals surface area (Å²) in [7, 11) is 0. The van der Waals surface area contributed by atoms with Gasteiger partial charge in [-0.05, 0) is 18.6 Å². The smallest absolute Gasteiger partial charge is 0.251 e.